The van der Waals surface area contributed by atoms with Crippen LogP contribution in [0.1, 0.15) is 0 Å². The number of halogens is 7. The summed E-state index contributed by atoms with van der Waals surface area (Å²) in [6.07, 6.45) is 0. The van der Waals surface area contributed by atoms with Gasteiger partial charge in [0.15, 0.2) is 0 Å². The Hall–Kier alpha value is 0.110. The fourth-order valence-corrected chi connectivity index (χ4v) is 4.62. The van der Waals surface area contributed by atoms with Crippen LogP contribution in [0, 0.1) is 11.6 Å². The molecular weight excluding hydrogens is 589 g/mol. The molecule has 2 aromatic carbocycles. The van der Waals surface area contributed by atoms with Crippen molar-refractivity contribution in [2.45, 2.75) is 0 Å². The van der Waals surface area contributed by atoms with E-state index in [1.807, 2.05) is 0 Å². The van der Waals surface area contributed by atoms with Crippen LogP contribution < -0.4 is 10.6 Å². The molecule has 0 bridgehead atoms. The zero-order valence-corrected chi connectivity index (χ0v) is 18.6. The number of hydrogen-bond donors (Lipinski definition) is 2. The average Bonchev–Trinajstić information content (AvgIpc) is 2.38. The molecule has 0 saturated carbocycles. The maximum absolute atomic E-state index is 13.2. The lowest BCUT2D eigenvalue weighted by Crippen LogP contribution is -2.15. The van der Waals surface area contributed by atoms with Gasteiger partial charge in [-0.15, -0.1) is 12.4 Å². The molecule has 0 saturated heterocycles. The lowest BCUT2D eigenvalue weighted by molar-refractivity contribution is 0.625. The Morgan fingerprint density at radius 3 is 1.17 bits per heavy atom. The summed E-state index contributed by atoms with van der Waals surface area (Å²) < 4.78 is 29.0. The molecule has 9 heteroatoms. The first kappa shape index (κ1) is 21.2. The lowest BCUT2D eigenvalue weighted by Gasteiger charge is -2.14. The minimum absolute atomic E-state index is 0. The van der Waals surface area contributed by atoms with Gasteiger partial charge in [-0.2, -0.15) is 0 Å². The van der Waals surface area contributed by atoms with E-state index in [1.165, 1.54) is 24.3 Å². The van der Waals surface area contributed by atoms with Gasteiger partial charge in [-0.3, -0.25) is 0 Å². The number of anilines is 2. The highest BCUT2D eigenvalue weighted by molar-refractivity contribution is 9.11. The van der Waals surface area contributed by atoms with Crippen LogP contribution in [-0.2, 0) is 0 Å². The first-order valence-corrected chi connectivity index (χ1v) is 9.32. The first-order valence-electron chi connectivity index (χ1n) is 6.15. The summed E-state index contributed by atoms with van der Waals surface area (Å²) in [6, 6.07) is 5.59. The van der Waals surface area contributed by atoms with Crippen LogP contribution in [0.15, 0.2) is 42.2 Å². The van der Waals surface area contributed by atoms with Gasteiger partial charge in [-0.1, -0.05) is 0 Å². The summed E-state index contributed by atoms with van der Waals surface area (Å²) in [5.41, 5.74) is 1.56. The summed E-state index contributed by atoms with van der Waals surface area (Å²) in [5, 5.41) is 6.40. The Morgan fingerprint density at radius 2 is 0.913 bits per heavy atom. The third-order valence-corrected chi connectivity index (χ3v) is 5.24. The van der Waals surface area contributed by atoms with Gasteiger partial charge >= 0.3 is 0 Å². The summed E-state index contributed by atoms with van der Waals surface area (Å²) in [5.74, 6) is -0.636. The summed E-state index contributed by atoms with van der Waals surface area (Å²) >= 11 is 13.3. The van der Waals surface area contributed by atoms with E-state index in [0.717, 1.165) is 11.4 Å². The highest BCUT2D eigenvalue weighted by Gasteiger charge is 2.09. The SMILES string of the molecule is Cl.Fc1cc(Br)c(NCCNc2c(Br)cc(F)cc2Br)c(Br)c1. The van der Waals surface area contributed by atoms with Crippen molar-refractivity contribution in [2.24, 2.45) is 0 Å². The molecule has 23 heavy (non-hydrogen) atoms. The van der Waals surface area contributed by atoms with Gasteiger partial charge in [0.2, 0.25) is 0 Å². The number of nitrogens with one attached hydrogen (secondary N) is 2. The molecule has 0 unspecified atom stereocenters. The van der Waals surface area contributed by atoms with E-state index in [4.69, 9.17) is 0 Å². The first-order chi connectivity index (χ1) is 10.4. The standard InChI is InChI=1S/C14H10Br4F2N2.ClH/c15-9-3-7(19)4-10(16)13(9)21-1-2-22-14-11(17)5-8(20)6-12(14)18;/h3-6,21-22H,1-2H2;1H. The van der Waals surface area contributed by atoms with Crippen LogP contribution in [-0.4, -0.2) is 13.1 Å². The monoisotopic (exact) mass is 596 g/mol. The van der Waals surface area contributed by atoms with Crippen LogP contribution in [0.4, 0.5) is 20.2 Å². The Labute approximate surface area is 172 Å². The fourth-order valence-electron chi connectivity index (χ4n) is 1.80. The average molecular weight is 600 g/mol. The molecule has 2 nitrogen and oxygen atoms in total. The minimum Gasteiger partial charge on any atom is -0.381 e. The summed E-state index contributed by atoms with van der Waals surface area (Å²) in [6.45, 7) is 1.19. The smallest absolute Gasteiger partial charge is 0.125 e. The second-order valence-electron chi connectivity index (χ2n) is 4.34. The van der Waals surface area contributed by atoms with Crippen molar-refractivity contribution in [3.8, 4) is 0 Å². The van der Waals surface area contributed by atoms with E-state index < -0.39 is 0 Å². The molecule has 2 aromatic rings. The highest BCUT2D eigenvalue weighted by Crippen LogP contribution is 2.33. The molecule has 0 atom stereocenters. The topological polar surface area (TPSA) is 24.1 Å². The molecule has 0 amide bonds. The van der Waals surface area contributed by atoms with Crippen molar-refractivity contribution in [3.05, 3.63) is 53.8 Å². The Kier molecular flexibility index (Phi) is 8.79. The van der Waals surface area contributed by atoms with E-state index in [2.05, 4.69) is 74.4 Å². The quantitative estimate of drug-likeness (QED) is 0.363. The van der Waals surface area contributed by atoms with E-state index >= 15 is 0 Å². The maximum atomic E-state index is 13.2. The van der Waals surface area contributed by atoms with E-state index in [0.29, 0.717) is 31.0 Å². The van der Waals surface area contributed by atoms with Gasteiger partial charge in [0.1, 0.15) is 11.6 Å². The molecule has 0 radical (unpaired) electrons. The van der Waals surface area contributed by atoms with Gasteiger partial charge in [-0.05, 0) is 88.0 Å². The number of hydrogen-bond acceptors (Lipinski definition) is 2. The molecular formula is C14H11Br4ClF2N2. The molecule has 0 aliphatic heterocycles. The van der Waals surface area contributed by atoms with Crippen LogP contribution in [0.3, 0.4) is 0 Å². The van der Waals surface area contributed by atoms with Crippen molar-refractivity contribution in [3.63, 3.8) is 0 Å². The van der Waals surface area contributed by atoms with E-state index in [1.54, 1.807) is 0 Å². The lowest BCUT2D eigenvalue weighted by atomic mass is 10.3. The van der Waals surface area contributed by atoms with Crippen LogP contribution in [0.2, 0.25) is 0 Å². The Bertz CT molecular complexity index is 595. The number of rotatable bonds is 5. The van der Waals surface area contributed by atoms with Gasteiger partial charge in [-0.25, -0.2) is 8.78 Å². The van der Waals surface area contributed by atoms with Crippen LogP contribution in [0.25, 0.3) is 0 Å². The Balaban J connectivity index is 0.00000264. The van der Waals surface area contributed by atoms with Crippen molar-refractivity contribution in [1.29, 1.82) is 0 Å². The third-order valence-electron chi connectivity index (χ3n) is 2.74. The predicted molar refractivity (Wildman–Crippen MR) is 108 cm³/mol. The molecule has 0 fully saturated rings. The largest absolute Gasteiger partial charge is 0.381 e. The van der Waals surface area contributed by atoms with E-state index in [-0.39, 0.29) is 24.0 Å². The molecule has 2 N–H and O–H groups in total. The Morgan fingerprint density at radius 1 is 0.652 bits per heavy atom. The molecule has 0 aromatic heterocycles. The normalized spacial score (nSPS) is 10.2. The molecule has 0 aliphatic carbocycles. The molecule has 0 aliphatic rings. The van der Waals surface area contributed by atoms with Crippen molar-refractivity contribution in [1.82, 2.24) is 0 Å². The second kappa shape index (κ2) is 9.56. The molecule has 126 valence electrons. The molecule has 0 heterocycles. The number of benzene rings is 2. The molecule has 0 spiro atoms. The second-order valence-corrected chi connectivity index (χ2v) is 7.76. The van der Waals surface area contributed by atoms with Crippen LogP contribution >= 0.6 is 76.1 Å². The van der Waals surface area contributed by atoms with Gasteiger partial charge in [0.05, 0.1) is 11.4 Å². The van der Waals surface area contributed by atoms with Gasteiger partial charge < -0.3 is 10.6 Å². The third kappa shape index (κ3) is 5.85. The van der Waals surface area contributed by atoms with Crippen molar-refractivity contribution in [2.75, 3.05) is 23.7 Å². The molecule has 2 rings (SSSR count). The maximum Gasteiger partial charge on any atom is 0.125 e. The zero-order valence-electron chi connectivity index (χ0n) is 11.4. The zero-order chi connectivity index (χ0) is 16.3. The predicted octanol–water partition coefficient (Wildman–Crippen LogP) is 6.96. The minimum atomic E-state index is -0.318. The fraction of sp³-hybridized carbons (Fsp3) is 0.143. The van der Waals surface area contributed by atoms with Gasteiger partial charge in [0, 0.05) is 31.0 Å². The van der Waals surface area contributed by atoms with E-state index in [9.17, 15) is 8.78 Å². The van der Waals surface area contributed by atoms with Crippen LogP contribution in [0.5, 0.6) is 0 Å². The summed E-state index contributed by atoms with van der Waals surface area (Å²) in [7, 11) is 0. The van der Waals surface area contributed by atoms with Gasteiger partial charge in [0.25, 0.3) is 0 Å². The van der Waals surface area contributed by atoms with Crippen molar-refractivity contribution < 1.29 is 8.78 Å². The summed E-state index contributed by atoms with van der Waals surface area (Å²) in [4.78, 5) is 0. The highest BCUT2D eigenvalue weighted by atomic mass is 79.9. The van der Waals surface area contributed by atoms with Crippen molar-refractivity contribution >= 4 is 87.5 Å².